The number of anilines is 1. The van der Waals surface area contributed by atoms with Gasteiger partial charge in [-0.2, -0.15) is 0 Å². The molecule has 1 fully saturated rings. The Morgan fingerprint density at radius 3 is 2.48 bits per heavy atom. The zero-order valence-electron chi connectivity index (χ0n) is 12.5. The number of amides is 2. The molecule has 2 unspecified atom stereocenters. The van der Waals surface area contributed by atoms with Crippen molar-refractivity contribution in [3.63, 3.8) is 0 Å². The van der Waals surface area contributed by atoms with Gasteiger partial charge in [0.15, 0.2) is 0 Å². The summed E-state index contributed by atoms with van der Waals surface area (Å²) in [6, 6.07) is 7.15. The fourth-order valence-corrected chi connectivity index (χ4v) is 2.20. The molecule has 0 aromatic heterocycles. The molecule has 0 spiro atoms. The monoisotopic (exact) mass is 290 g/mol. The second-order valence-corrected chi connectivity index (χ2v) is 5.31. The van der Waals surface area contributed by atoms with Gasteiger partial charge in [-0.25, -0.2) is 0 Å². The Balaban J connectivity index is 1.78. The molecule has 2 amide bonds. The predicted octanol–water partition coefficient (Wildman–Crippen LogP) is 2.19. The van der Waals surface area contributed by atoms with E-state index in [0.717, 1.165) is 24.3 Å². The van der Waals surface area contributed by atoms with Crippen molar-refractivity contribution in [2.24, 2.45) is 11.8 Å². The number of carbonyl (C=O) groups excluding carboxylic acids is 2. The van der Waals surface area contributed by atoms with E-state index in [1.807, 2.05) is 0 Å². The quantitative estimate of drug-likeness (QED) is 0.756. The minimum atomic E-state index is -0.200. The fraction of sp³-hybridized carbons (Fsp3) is 0.500. The van der Waals surface area contributed by atoms with Gasteiger partial charge in [-0.1, -0.05) is 13.3 Å². The lowest BCUT2D eigenvalue weighted by Crippen LogP contribution is -2.28. The molecule has 0 saturated heterocycles. The van der Waals surface area contributed by atoms with Gasteiger partial charge in [-0.3, -0.25) is 9.59 Å². The first-order valence-corrected chi connectivity index (χ1v) is 7.38. The summed E-state index contributed by atoms with van der Waals surface area (Å²) in [7, 11) is 1.60. The van der Waals surface area contributed by atoms with Crippen molar-refractivity contribution < 1.29 is 14.3 Å². The highest BCUT2D eigenvalue weighted by Gasteiger charge is 2.47. The summed E-state index contributed by atoms with van der Waals surface area (Å²) < 4.78 is 5.06. The van der Waals surface area contributed by atoms with Crippen LogP contribution < -0.4 is 15.4 Å². The van der Waals surface area contributed by atoms with Gasteiger partial charge < -0.3 is 15.4 Å². The van der Waals surface area contributed by atoms with Crippen LogP contribution in [-0.4, -0.2) is 25.5 Å². The van der Waals surface area contributed by atoms with Crippen LogP contribution >= 0.6 is 0 Å². The summed E-state index contributed by atoms with van der Waals surface area (Å²) in [6.45, 7) is 2.77. The number of nitrogens with one attached hydrogen (secondary N) is 2. The van der Waals surface area contributed by atoms with Crippen LogP contribution in [0.3, 0.4) is 0 Å². The highest BCUT2D eigenvalue weighted by atomic mass is 16.5. The molecular formula is C16H22N2O3. The largest absolute Gasteiger partial charge is 0.497 e. The molecule has 1 saturated carbocycles. The van der Waals surface area contributed by atoms with Gasteiger partial charge in [0.2, 0.25) is 11.8 Å². The predicted molar refractivity (Wildman–Crippen MR) is 81.1 cm³/mol. The average molecular weight is 290 g/mol. The number of benzene rings is 1. The van der Waals surface area contributed by atoms with E-state index in [4.69, 9.17) is 4.74 Å². The van der Waals surface area contributed by atoms with E-state index in [0.29, 0.717) is 13.0 Å². The number of hydrogen-bond donors (Lipinski definition) is 2. The van der Waals surface area contributed by atoms with Gasteiger partial charge in [0.1, 0.15) is 5.75 Å². The molecule has 1 aliphatic rings. The molecule has 21 heavy (non-hydrogen) atoms. The highest BCUT2D eigenvalue weighted by molar-refractivity contribution is 5.99. The number of carbonyl (C=O) groups is 2. The minimum absolute atomic E-state index is 0.00155. The Morgan fingerprint density at radius 2 is 1.86 bits per heavy atom. The van der Waals surface area contributed by atoms with Gasteiger partial charge in [0, 0.05) is 12.2 Å². The molecule has 2 N–H and O–H groups in total. The van der Waals surface area contributed by atoms with Gasteiger partial charge in [-0.15, -0.1) is 0 Å². The summed E-state index contributed by atoms with van der Waals surface area (Å²) in [5.74, 6) is 0.288. The number of hydrogen-bond acceptors (Lipinski definition) is 3. The standard InChI is InChI=1S/C16H22N2O3/c1-3-4-9-17-15(19)13-10-14(13)16(20)18-11-5-7-12(21-2)8-6-11/h5-8,13-14H,3-4,9-10H2,1-2H3,(H,17,19)(H,18,20). The van der Waals surface area contributed by atoms with Crippen molar-refractivity contribution in [1.82, 2.24) is 5.32 Å². The topological polar surface area (TPSA) is 67.4 Å². The lowest BCUT2D eigenvalue weighted by Gasteiger charge is -2.06. The second-order valence-electron chi connectivity index (χ2n) is 5.31. The second kappa shape index (κ2) is 7.11. The molecule has 0 heterocycles. The number of methoxy groups -OCH3 is 1. The van der Waals surface area contributed by atoms with Gasteiger partial charge in [-0.05, 0) is 37.1 Å². The minimum Gasteiger partial charge on any atom is -0.497 e. The van der Waals surface area contributed by atoms with Crippen molar-refractivity contribution in [1.29, 1.82) is 0 Å². The lowest BCUT2D eigenvalue weighted by atomic mass is 10.2. The van der Waals surface area contributed by atoms with Crippen LogP contribution in [0.4, 0.5) is 5.69 Å². The maximum atomic E-state index is 12.1. The maximum Gasteiger partial charge on any atom is 0.228 e. The van der Waals surface area contributed by atoms with E-state index in [2.05, 4.69) is 17.6 Å². The van der Waals surface area contributed by atoms with Gasteiger partial charge in [0.25, 0.3) is 0 Å². The van der Waals surface area contributed by atoms with Crippen LogP contribution in [0.25, 0.3) is 0 Å². The zero-order valence-corrected chi connectivity index (χ0v) is 12.5. The summed E-state index contributed by atoms with van der Waals surface area (Å²) in [5, 5.41) is 5.71. The van der Waals surface area contributed by atoms with Crippen molar-refractivity contribution in [3.05, 3.63) is 24.3 Å². The zero-order chi connectivity index (χ0) is 15.2. The first-order chi connectivity index (χ1) is 10.2. The summed E-state index contributed by atoms with van der Waals surface area (Å²) in [5.41, 5.74) is 0.720. The van der Waals surface area contributed by atoms with Crippen LogP contribution in [0.15, 0.2) is 24.3 Å². The Kier molecular flexibility index (Phi) is 5.20. The summed E-state index contributed by atoms with van der Waals surface area (Å²) >= 11 is 0. The third-order valence-electron chi connectivity index (χ3n) is 3.65. The first kappa shape index (κ1) is 15.4. The van der Waals surface area contributed by atoms with E-state index >= 15 is 0 Å². The van der Waals surface area contributed by atoms with Crippen molar-refractivity contribution >= 4 is 17.5 Å². The number of ether oxygens (including phenoxy) is 1. The van der Waals surface area contributed by atoms with Crippen LogP contribution in [0.1, 0.15) is 26.2 Å². The molecule has 1 aromatic rings. The lowest BCUT2D eigenvalue weighted by molar-refractivity contribution is -0.125. The third-order valence-corrected chi connectivity index (χ3v) is 3.65. The molecule has 0 aliphatic heterocycles. The molecule has 5 nitrogen and oxygen atoms in total. The Hall–Kier alpha value is -2.04. The highest BCUT2D eigenvalue weighted by Crippen LogP contribution is 2.39. The van der Waals surface area contributed by atoms with Crippen molar-refractivity contribution in [2.75, 3.05) is 19.0 Å². The van der Waals surface area contributed by atoms with Crippen molar-refractivity contribution in [3.8, 4) is 5.75 Å². The first-order valence-electron chi connectivity index (χ1n) is 7.38. The molecule has 2 rings (SSSR count). The Morgan fingerprint density at radius 1 is 1.19 bits per heavy atom. The Labute approximate surface area is 125 Å². The SMILES string of the molecule is CCCCNC(=O)C1CC1C(=O)Nc1ccc(OC)cc1. The molecule has 0 bridgehead atoms. The molecule has 114 valence electrons. The fourth-order valence-electron chi connectivity index (χ4n) is 2.20. The maximum absolute atomic E-state index is 12.1. The van der Waals surface area contributed by atoms with E-state index < -0.39 is 0 Å². The Bertz CT molecular complexity index is 499. The van der Waals surface area contributed by atoms with Gasteiger partial charge in [0.05, 0.1) is 18.9 Å². The molecular weight excluding hydrogens is 268 g/mol. The molecule has 0 radical (unpaired) electrons. The summed E-state index contributed by atoms with van der Waals surface area (Å²) in [4.78, 5) is 23.9. The van der Waals surface area contributed by atoms with E-state index in [9.17, 15) is 9.59 Å². The van der Waals surface area contributed by atoms with Crippen LogP contribution in [0.2, 0.25) is 0 Å². The van der Waals surface area contributed by atoms with E-state index in [1.54, 1.807) is 31.4 Å². The number of rotatable bonds is 7. The number of unbranched alkanes of at least 4 members (excludes halogenated alkanes) is 1. The van der Waals surface area contributed by atoms with Crippen LogP contribution in [0.5, 0.6) is 5.75 Å². The molecule has 1 aliphatic carbocycles. The molecule has 2 atom stereocenters. The van der Waals surface area contributed by atoms with Crippen molar-refractivity contribution in [2.45, 2.75) is 26.2 Å². The normalized spacial score (nSPS) is 19.7. The van der Waals surface area contributed by atoms with Crippen LogP contribution in [0, 0.1) is 11.8 Å². The summed E-state index contributed by atoms with van der Waals surface area (Å²) in [6.07, 6.45) is 2.66. The third kappa shape index (κ3) is 4.21. The average Bonchev–Trinajstić information content (AvgIpc) is 3.29. The molecule has 5 heteroatoms. The molecule has 1 aromatic carbocycles. The van der Waals surface area contributed by atoms with Gasteiger partial charge >= 0.3 is 0 Å². The van der Waals surface area contributed by atoms with E-state index in [-0.39, 0.29) is 23.7 Å². The van der Waals surface area contributed by atoms with E-state index in [1.165, 1.54) is 0 Å². The van der Waals surface area contributed by atoms with Crippen LogP contribution in [-0.2, 0) is 9.59 Å². The smallest absolute Gasteiger partial charge is 0.228 e.